The minimum atomic E-state index is 0.0171. The molecule has 0 saturated heterocycles. The number of rotatable bonds is 39. The Balaban J connectivity index is 3.14. The van der Waals surface area contributed by atoms with Gasteiger partial charge in [-0.15, -0.1) is 0 Å². The van der Waals surface area contributed by atoms with Gasteiger partial charge in [0, 0.05) is 6.42 Å². The van der Waals surface area contributed by atoms with E-state index in [4.69, 9.17) is 4.74 Å². The largest absolute Gasteiger partial charge is 0.466 e. The summed E-state index contributed by atoms with van der Waals surface area (Å²) in [5.74, 6) is 0.904. The van der Waals surface area contributed by atoms with Crippen LogP contribution in [0.1, 0.15) is 252 Å². The molecule has 0 unspecified atom stereocenters. The Kier molecular flexibility index (Phi) is 39.7. The Hall–Kier alpha value is -0.790. The fourth-order valence-electron chi connectivity index (χ4n) is 6.60. The lowest BCUT2D eigenvalue weighted by atomic mass is 10.0. The average Bonchev–Trinajstić information content (AvgIpc) is 3.04. The van der Waals surface area contributed by atoms with Crippen LogP contribution in [0, 0.1) is 5.92 Å². The highest BCUT2D eigenvalue weighted by atomic mass is 16.5. The molecule has 2 heteroatoms. The Labute approximate surface area is 291 Å². The van der Waals surface area contributed by atoms with E-state index in [1.54, 1.807) is 0 Å². The van der Waals surface area contributed by atoms with Gasteiger partial charge in [-0.05, 0) is 38.0 Å². The lowest BCUT2D eigenvalue weighted by Gasteiger charge is -2.06. The van der Waals surface area contributed by atoms with Gasteiger partial charge in [0.05, 0.1) is 6.61 Å². The van der Waals surface area contributed by atoms with Crippen molar-refractivity contribution in [3.63, 3.8) is 0 Å². The van der Waals surface area contributed by atoms with E-state index in [1.807, 2.05) is 0 Å². The molecule has 0 amide bonds. The zero-order chi connectivity index (χ0) is 33.4. The monoisotopic (exact) mass is 647 g/mol. The quantitative estimate of drug-likeness (QED) is 0.0377. The van der Waals surface area contributed by atoms with Gasteiger partial charge in [-0.25, -0.2) is 0 Å². The van der Waals surface area contributed by atoms with Crippen LogP contribution in [0.3, 0.4) is 0 Å². The van der Waals surface area contributed by atoms with Gasteiger partial charge >= 0.3 is 5.97 Å². The highest BCUT2D eigenvalue weighted by Gasteiger charge is 2.03. The van der Waals surface area contributed by atoms with Gasteiger partial charge in [-0.2, -0.15) is 0 Å². The second-order valence-electron chi connectivity index (χ2n) is 15.2. The van der Waals surface area contributed by atoms with Gasteiger partial charge in [0.15, 0.2) is 0 Å². The predicted octanol–water partition coefficient (Wildman–Crippen LogP) is 15.8. The molecule has 0 N–H and O–H groups in total. The second-order valence-corrected chi connectivity index (χ2v) is 15.2. The topological polar surface area (TPSA) is 26.3 Å². The van der Waals surface area contributed by atoms with Crippen molar-refractivity contribution in [3.05, 3.63) is 12.2 Å². The number of carbonyl (C=O) groups excluding carboxylic acids is 1. The number of allylic oxidation sites excluding steroid dienone is 2. The van der Waals surface area contributed by atoms with Crippen molar-refractivity contribution in [2.45, 2.75) is 252 Å². The van der Waals surface area contributed by atoms with Crippen molar-refractivity contribution in [2.24, 2.45) is 5.92 Å². The fourth-order valence-corrected chi connectivity index (χ4v) is 6.60. The maximum atomic E-state index is 11.9. The third-order valence-corrected chi connectivity index (χ3v) is 9.83. The van der Waals surface area contributed by atoms with Gasteiger partial charge in [-0.3, -0.25) is 4.79 Å². The van der Waals surface area contributed by atoms with Crippen LogP contribution in [0.25, 0.3) is 0 Å². The van der Waals surface area contributed by atoms with Crippen LogP contribution in [-0.4, -0.2) is 12.6 Å². The third-order valence-electron chi connectivity index (χ3n) is 9.83. The summed E-state index contributed by atoms with van der Waals surface area (Å²) in [5, 5.41) is 0. The number of hydrogen-bond acceptors (Lipinski definition) is 2. The summed E-state index contributed by atoms with van der Waals surface area (Å²) in [6.45, 7) is 7.56. The molecule has 46 heavy (non-hydrogen) atoms. The van der Waals surface area contributed by atoms with E-state index < -0.39 is 0 Å². The first-order valence-electron chi connectivity index (χ1n) is 21.5. The van der Waals surface area contributed by atoms with Crippen molar-refractivity contribution in [3.8, 4) is 0 Å². The summed E-state index contributed by atoms with van der Waals surface area (Å²) in [7, 11) is 0. The second kappa shape index (κ2) is 40.4. The molecule has 2 nitrogen and oxygen atoms in total. The molecule has 0 rings (SSSR count). The van der Waals surface area contributed by atoms with Gasteiger partial charge in [-0.1, -0.05) is 226 Å². The molecule has 0 aliphatic heterocycles. The molecule has 0 aromatic rings. The first kappa shape index (κ1) is 45.2. The van der Waals surface area contributed by atoms with Crippen molar-refractivity contribution in [1.29, 1.82) is 0 Å². The molecule has 0 saturated carbocycles. The van der Waals surface area contributed by atoms with Gasteiger partial charge < -0.3 is 4.74 Å². The Morgan fingerprint density at radius 2 is 0.761 bits per heavy atom. The maximum absolute atomic E-state index is 11.9. The fraction of sp³-hybridized carbons (Fsp3) is 0.932. The molecule has 0 aromatic heterocycles. The van der Waals surface area contributed by atoms with E-state index in [9.17, 15) is 4.79 Å². The molecule has 0 aliphatic carbocycles. The van der Waals surface area contributed by atoms with E-state index in [1.165, 1.54) is 205 Å². The number of ether oxygens (including phenoxy) is 1. The molecule has 274 valence electrons. The van der Waals surface area contributed by atoms with Crippen molar-refractivity contribution >= 4 is 5.97 Å². The van der Waals surface area contributed by atoms with Crippen LogP contribution in [0.15, 0.2) is 12.2 Å². The van der Waals surface area contributed by atoms with E-state index in [0.29, 0.717) is 13.0 Å². The van der Waals surface area contributed by atoms with Crippen LogP contribution in [0.5, 0.6) is 0 Å². The molecular formula is C44H86O2. The van der Waals surface area contributed by atoms with Crippen LogP contribution in [0.4, 0.5) is 0 Å². The predicted molar refractivity (Wildman–Crippen MR) is 207 cm³/mol. The Bertz CT molecular complexity index is 595. The molecule has 0 fully saturated rings. The molecule has 0 bridgehead atoms. The molecule has 0 aromatic carbocycles. The zero-order valence-corrected chi connectivity index (χ0v) is 32.2. The number of unbranched alkanes of at least 4 members (excludes halogenated alkanes) is 31. The van der Waals surface area contributed by atoms with Crippen LogP contribution < -0.4 is 0 Å². The van der Waals surface area contributed by atoms with Crippen molar-refractivity contribution < 1.29 is 9.53 Å². The summed E-state index contributed by atoms with van der Waals surface area (Å²) < 4.78 is 5.44. The highest BCUT2D eigenvalue weighted by Crippen LogP contribution is 2.17. The Morgan fingerprint density at radius 3 is 1.15 bits per heavy atom. The van der Waals surface area contributed by atoms with Crippen LogP contribution >= 0.6 is 0 Å². The number of esters is 1. The first-order valence-corrected chi connectivity index (χ1v) is 21.5. The zero-order valence-electron chi connectivity index (χ0n) is 32.2. The van der Waals surface area contributed by atoms with E-state index in [0.717, 1.165) is 25.2 Å². The molecule has 0 spiro atoms. The first-order chi connectivity index (χ1) is 22.7. The highest BCUT2D eigenvalue weighted by molar-refractivity contribution is 5.69. The lowest BCUT2D eigenvalue weighted by Crippen LogP contribution is -2.05. The van der Waals surface area contributed by atoms with E-state index >= 15 is 0 Å². The Morgan fingerprint density at radius 1 is 0.435 bits per heavy atom. The van der Waals surface area contributed by atoms with Crippen molar-refractivity contribution in [1.82, 2.24) is 0 Å². The summed E-state index contributed by atoms with van der Waals surface area (Å²) in [6.07, 6.45) is 53.2. The van der Waals surface area contributed by atoms with Gasteiger partial charge in [0.2, 0.25) is 0 Å². The molecule has 0 heterocycles. The normalized spacial score (nSPS) is 11.7. The van der Waals surface area contributed by atoms with Crippen LogP contribution in [0.2, 0.25) is 0 Å². The van der Waals surface area contributed by atoms with Gasteiger partial charge in [0.25, 0.3) is 0 Å². The van der Waals surface area contributed by atoms with E-state index in [2.05, 4.69) is 32.9 Å². The van der Waals surface area contributed by atoms with Crippen molar-refractivity contribution in [2.75, 3.05) is 6.61 Å². The standard InChI is InChI=1S/C44H86O2/c1-4-5-6-7-8-9-25-29-32-35-38-41-44(45)46-42-39-36-33-30-27-24-22-20-18-16-14-12-10-11-13-15-17-19-21-23-26-28-31-34-37-40-43(2)3/h7-8,43H,4-6,9-42H2,1-3H3. The lowest BCUT2D eigenvalue weighted by molar-refractivity contribution is -0.143. The molecular weight excluding hydrogens is 560 g/mol. The smallest absolute Gasteiger partial charge is 0.305 e. The number of hydrogen-bond donors (Lipinski definition) is 0. The van der Waals surface area contributed by atoms with E-state index in [-0.39, 0.29) is 5.97 Å². The molecule has 0 atom stereocenters. The maximum Gasteiger partial charge on any atom is 0.305 e. The summed E-state index contributed by atoms with van der Waals surface area (Å²) in [5.41, 5.74) is 0. The third kappa shape index (κ3) is 41.2. The minimum Gasteiger partial charge on any atom is -0.466 e. The molecule has 0 aliphatic rings. The van der Waals surface area contributed by atoms with Crippen LogP contribution in [-0.2, 0) is 9.53 Å². The summed E-state index contributed by atoms with van der Waals surface area (Å²) in [6, 6.07) is 0. The SMILES string of the molecule is CCCCC=CCCCCCCCC(=O)OCCCCCCCCCCCCCCCCCCCCCCCCCCCC(C)C. The summed E-state index contributed by atoms with van der Waals surface area (Å²) >= 11 is 0. The number of carbonyl (C=O) groups is 1. The summed E-state index contributed by atoms with van der Waals surface area (Å²) in [4.78, 5) is 11.9. The minimum absolute atomic E-state index is 0.0171. The molecule has 0 radical (unpaired) electrons. The van der Waals surface area contributed by atoms with Gasteiger partial charge in [0.1, 0.15) is 0 Å². The average molecular weight is 647 g/mol.